The van der Waals surface area contributed by atoms with Gasteiger partial charge in [-0.2, -0.15) is 0 Å². The van der Waals surface area contributed by atoms with Gasteiger partial charge in [0.1, 0.15) is 0 Å². The first-order valence-corrected chi connectivity index (χ1v) is 6.45. The van der Waals surface area contributed by atoms with Crippen LogP contribution in [0.25, 0.3) is 11.1 Å². The van der Waals surface area contributed by atoms with Crippen molar-refractivity contribution < 1.29 is 39.6 Å². The molecule has 4 N–H and O–H groups in total. The molecule has 2 aromatic rings. The van der Waals surface area contributed by atoms with Gasteiger partial charge in [-0.05, 0) is 17.2 Å². The van der Waals surface area contributed by atoms with Gasteiger partial charge in [-0.3, -0.25) is 0 Å². The molecule has 0 atom stereocenters. The van der Waals surface area contributed by atoms with Gasteiger partial charge in [0.15, 0.2) is 0 Å². The van der Waals surface area contributed by atoms with Crippen molar-refractivity contribution in [3.05, 3.63) is 58.7 Å². The molecule has 0 fully saturated rings. The topological polar surface area (TPSA) is 149 Å². The third-order valence-corrected chi connectivity index (χ3v) is 3.28. The first-order valence-electron chi connectivity index (χ1n) is 6.45. The van der Waals surface area contributed by atoms with Gasteiger partial charge in [0, 0.05) is 29.6 Å². The summed E-state index contributed by atoms with van der Waals surface area (Å²) in [6.07, 6.45) is 0. The summed E-state index contributed by atoms with van der Waals surface area (Å²) in [5.74, 6) is -7.04. The number of rotatable bonds is 5. The van der Waals surface area contributed by atoms with E-state index < -0.39 is 46.1 Å². The van der Waals surface area contributed by atoms with E-state index in [1.165, 1.54) is 12.1 Å². The average Bonchev–Trinajstić information content (AvgIpc) is 2.53. The van der Waals surface area contributed by atoms with E-state index in [1.807, 2.05) is 0 Å². The zero-order chi connectivity index (χ0) is 18.0. The molecule has 0 saturated heterocycles. The van der Waals surface area contributed by atoms with Gasteiger partial charge >= 0.3 is 23.9 Å². The first-order chi connectivity index (χ1) is 11.3. The molecule has 0 aliphatic carbocycles. The van der Waals surface area contributed by atoms with Crippen LogP contribution in [-0.4, -0.2) is 73.9 Å². The zero-order valence-electron chi connectivity index (χ0n) is 12.9. The second kappa shape index (κ2) is 7.93. The molecular weight excluding hydrogens is 343 g/mol. The Hall–Kier alpha value is -2.68. The van der Waals surface area contributed by atoms with E-state index in [-0.39, 0.29) is 40.7 Å². The summed E-state index contributed by atoms with van der Waals surface area (Å²) in [6.45, 7) is 0. The minimum atomic E-state index is -1.84. The molecule has 0 spiro atoms. The minimum Gasteiger partial charge on any atom is -0.478 e. The van der Waals surface area contributed by atoms with E-state index in [2.05, 4.69) is 0 Å². The summed E-state index contributed by atoms with van der Waals surface area (Å²) in [5, 5.41) is 37.1. The van der Waals surface area contributed by atoms with Crippen molar-refractivity contribution in [2.45, 2.75) is 0 Å². The Kier molecular flexibility index (Phi) is 6.46. The van der Waals surface area contributed by atoms with Crippen molar-refractivity contribution in [3.8, 4) is 11.1 Å². The molecule has 123 valence electrons. The first kappa shape index (κ1) is 20.4. The van der Waals surface area contributed by atoms with Gasteiger partial charge in [-0.1, -0.05) is 30.3 Å². The summed E-state index contributed by atoms with van der Waals surface area (Å²) >= 11 is 0. The monoisotopic (exact) mass is 353 g/mol. The van der Waals surface area contributed by atoms with Crippen LogP contribution in [-0.2, 0) is 0 Å². The molecule has 0 aromatic heterocycles. The normalized spacial score (nSPS) is 9.76. The van der Waals surface area contributed by atoms with Crippen LogP contribution in [0, 0.1) is 0 Å². The van der Waals surface area contributed by atoms with Crippen LogP contribution in [0.15, 0.2) is 36.4 Å². The van der Waals surface area contributed by atoms with E-state index in [9.17, 15) is 39.6 Å². The SMILES string of the molecule is O=C(O)c1cc(-c2ccccc2)c(C(=O)O)c(C(=O)O)c1C(=O)O.[Na]. The Balaban J connectivity index is 0.00000312. The molecule has 0 unspecified atom stereocenters. The van der Waals surface area contributed by atoms with Crippen molar-refractivity contribution in [2.24, 2.45) is 0 Å². The maximum atomic E-state index is 11.6. The van der Waals surface area contributed by atoms with Crippen molar-refractivity contribution >= 4 is 53.4 Å². The molecule has 0 heterocycles. The molecule has 0 aliphatic rings. The predicted octanol–water partition coefficient (Wildman–Crippen LogP) is 1.77. The summed E-state index contributed by atoms with van der Waals surface area (Å²) in [5.41, 5.74) is -3.68. The fraction of sp³-hybridized carbons (Fsp3) is 0. The van der Waals surface area contributed by atoms with Crippen LogP contribution >= 0.6 is 0 Å². The third-order valence-electron chi connectivity index (χ3n) is 3.28. The maximum absolute atomic E-state index is 11.6. The molecule has 2 rings (SSSR count). The van der Waals surface area contributed by atoms with E-state index in [1.54, 1.807) is 18.2 Å². The Bertz CT molecular complexity index is 873. The fourth-order valence-electron chi connectivity index (χ4n) is 2.36. The molecule has 25 heavy (non-hydrogen) atoms. The third kappa shape index (κ3) is 3.87. The quantitative estimate of drug-likeness (QED) is 0.594. The average molecular weight is 353 g/mol. The second-order valence-corrected chi connectivity index (χ2v) is 4.68. The smallest absolute Gasteiger partial charge is 0.337 e. The van der Waals surface area contributed by atoms with Crippen LogP contribution in [0.3, 0.4) is 0 Å². The van der Waals surface area contributed by atoms with Crippen molar-refractivity contribution in [1.82, 2.24) is 0 Å². The van der Waals surface area contributed by atoms with Gasteiger partial charge < -0.3 is 20.4 Å². The van der Waals surface area contributed by atoms with Crippen LogP contribution in [0.2, 0.25) is 0 Å². The van der Waals surface area contributed by atoms with E-state index in [0.717, 1.165) is 6.07 Å². The summed E-state index contributed by atoms with van der Waals surface area (Å²) < 4.78 is 0. The number of aromatic carboxylic acids is 4. The Labute approximate surface area is 162 Å². The Morgan fingerprint density at radius 3 is 1.52 bits per heavy atom. The van der Waals surface area contributed by atoms with E-state index in [0.29, 0.717) is 0 Å². The molecule has 2 aromatic carbocycles. The predicted molar refractivity (Wildman–Crippen MR) is 85.5 cm³/mol. The second-order valence-electron chi connectivity index (χ2n) is 4.68. The number of hydrogen-bond donors (Lipinski definition) is 4. The van der Waals surface area contributed by atoms with Gasteiger partial charge in [-0.25, -0.2) is 19.2 Å². The van der Waals surface area contributed by atoms with Crippen LogP contribution in [0.4, 0.5) is 0 Å². The van der Waals surface area contributed by atoms with E-state index >= 15 is 0 Å². The number of hydrogen-bond acceptors (Lipinski definition) is 4. The number of carboxylic acids is 4. The van der Waals surface area contributed by atoms with Crippen LogP contribution in [0.5, 0.6) is 0 Å². The minimum absolute atomic E-state index is 0. The van der Waals surface area contributed by atoms with Gasteiger partial charge in [0.2, 0.25) is 0 Å². The molecule has 0 bridgehead atoms. The molecule has 0 aliphatic heterocycles. The fourth-order valence-corrected chi connectivity index (χ4v) is 2.36. The van der Waals surface area contributed by atoms with E-state index in [4.69, 9.17) is 0 Å². The molecule has 9 heteroatoms. The zero-order valence-corrected chi connectivity index (χ0v) is 14.9. The van der Waals surface area contributed by atoms with Crippen LogP contribution < -0.4 is 0 Å². The summed E-state index contributed by atoms with van der Waals surface area (Å²) in [4.78, 5) is 45.8. The van der Waals surface area contributed by atoms with Gasteiger partial charge in [0.25, 0.3) is 0 Å². The standard InChI is InChI=1S/C16H10O8.Na/c17-13(18)9-6-8(7-4-2-1-3-5-7)10(14(19)20)12(16(23)24)11(9)15(21)22;/h1-6H,(H,17,18)(H,19,20)(H,21,22)(H,23,24);. The van der Waals surface area contributed by atoms with Crippen LogP contribution in [0.1, 0.15) is 41.4 Å². The Morgan fingerprint density at radius 2 is 1.12 bits per heavy atom. The number of carboxylic acid groups (broad SMARTS) is 4. The number of carbonyl (C=O) groups is 4. The number of benzene rings is 2. The molecule has 0 saturated carbocycles. The Morgan fingerprint density at radius 1 is 0.640 bits per heavy atom. The maximum Gasteiger partial charge on any atom is 0.337 e. The summed E-state index contributed by atoms with van der Waals surface area (Å²) in [7, 11) is 0. The molecule has 8 nitrogen and oxygen atoms in total. The van der Waals surface area contributed by atoms with Crippen molar-refractivity contribution in [3.63, 3.8) is 0 Å². The molecule has 1 radical (unpaired) electrons. The van der Waals surface area contributed by atoms with Gasteiger partial charge in [-0.15, -0.1) is 0 Å². The van der Waals surface area contributed by atoms with Crippen molar-refractivity contribution in [1.29, 1.82) is 0 Å². The summed E-state index contributed by atoms with van der Waals surface area (Å²) in [6, 6.07) is 8.50. The largest absolute Gasteiger partial charge is 0.478 e. The molecule has 0 amide bonds. The van der Waals surface area contributed by atoms with Gasteiger partial charge in [0.05, 0.1) is 22.3 Å². The van der Waals surface area contributed by atoms with Crippen molar-refractivity contribution in [2.75, 3.05) is 0 Å². The molecular formula is C16H10NaO8.